The molecule has 2 rings (SSSR count). The predicted molar refractivity (Wildman–Crippen MR) is 63.5 cm³/mol. The molecule has 0 N–H and O–H groups in total. The zero-order chi connectivity index (χ0) is 12.1. The van der Waals surface area contributed by atoms with Gasteiger partial charge in [-0.05, 0) is 12.1 Å². The van der Waals surface area contributed by atoms with Gasteiger partial charge in [0.2, 0.25) is 0 Å². The molecule has 0 unspecified atom stereocenters. The summed E-state index contributed by atoms with van der Waals surface area (Å²) < 4.78 is 6.73. The highest BCUT2D eigenvalue weighted by Gasteiger charge is 2.06. The lowest BCUT2D eigenvalue weighted by Gasteiger charge is -2.00. The van der Waals surface area contributed by atoms with Crippen molar-refractivity contribution < 1.29 is 31.1 Å². The summed E-state index contributed by atoms with van der Waals surface area (Å²) in [4.78, 5) is 11.3. The third kappa shape index (κ3) is 3.67. The molecule has 0 saturated carbocycles. The summed E-state index contributed by atoms with van der Waals surface area (Å²) >= 11 is 0. The first kappa shape index (κ1) is 14.4. The highest BCUT2D eigenvalue weighted by atomic mass is 79.9. The first-order chi connectivity index (χ1) is 8.29. The lowest BCUT2D eigenvalue weighted by Crippen LogP contribution is -3.00. The van der Waals surface area contributed by atoms with E-state index < -0.39 is 0 Å². The van der Waals surface area contributed by atoms with Crippen LogP contribution in [-0.2, 0) is 11.3 Å². The number of ether oxygens (including phenoxy) is 1. The first-order valence-electron chi connectivity index (χ1n) is 5.41. The zero-order valence-corrected chi connectivity index (χ0v) is 11.6. The molecule has 0 aliphatic rings. The van der Waals surface area contributed by atoms with Gasteiger partial charge in [0.1, 0.15) is 0 Å². The van der Waals surface area contributed by atoms with Gasteiger partial charge in [0.25, 0.3) is 0 Å². The van der Waals surface area contributed by atoms with E-state index in [0.717, 1.165) is 12.1 Å². The predicted octanol–water partition coefficient (Wildman–Crippen LogP) is -1.19. The maximum Gasteiger partial charge on any atom is 0.337 e. The summed E-state index contributed by atoms with van der Waals surface area (Å²) in [6.45, 7) is 0.794. The fourth-order valence-corrected chi connectivity index (χ4v) is 1.61. The quantitative estimate of drug-likeness (QED) is 0.527. The number of carbonyl (C=O) groups is 1. The van der Waals surface area contributed by atoms with Gasteiger partial charge in [-0.2, -0.15) is 0 Å². The fourth-order valence-electron chi connectivity index (χ4n) is 1.61. The van der Waals surface area contributed by atoms with Crippen LogP contribution in [0.5, 0.6) is 0 Å². The van der Waals surface area contributed by atoms with Crippen molar-refractivity contribution in [2.24, 2.45) is 0 Å². The van der Waals surface area contributed by atoms with Crippen molar-refractivity contribution in [1.82, 2.24) is 0 Å². The Hall–Kier alpha value is -1.68. The maximum absolute atomic E-state index is 11.3. The Labute approximate surface area is 117 Å². The number of pyridine rings is 1. The van der Waals surface area contributed by atoms with E-state index >= 15 is 0 Å². The van der Waals surface area contributed by atoms with Crippen LogP contribution in [0.1, 0.15) is 15.9 Å². The Morgan fingerprint density at radius 2 is 1.72 bits per heavy atom. The number of hydrogen-bond donors (Lipinski definition) is 0. The average Bonchev–Trinajstić information content (AvgIpc) is 2.40. The Kier molecular flexibility index (Phi) is 5.52. The summed E-state index contributed by atoms with van der Waals surface area (Å²) in [5.74, 6) is -0.302. The van der Waals surface area contributed by atoms with Gasteiger partial charge < -0.3 is 21.7 Å². The summed E-state index contributed by atoms with van der Waals surface area (Å²) in [7, 11) is 1.38. The number of nitrogens with zero attached hydrogens (tertiary/aromatic N) is 1. The Morgan fingerprint density at radius 1 is 1.11 bits per heavy atom. The Bertz CT molecular complexity index is 497. The molecule has 2 aromatic rings. The molecule has 1 aromatic heterocycles. The van der Waals surface area contributed by atoms with Crippen molar-refractivity contribution >= 4 is 5.97 Å². The molecule has 0 aliphatic heterocycles. The number of aromatic nitrogens is 1. The van der Waals surface area contributed by atoms with Crippen molar-refractivity contribution in [3.8, 4) is 0 Å². The molecule has 0 saturated heterocycles. The highest BCUT2D eigenvalue weighted by molar-refractivity contribution is 5.89. The van der Waals surface area contributed by atoms with Crippen LogP contribution < -0.4 is 21.5 Å². The number of benzene rings is 1. The van der Waals surface area contributed by atoms with Gasteiger partial charge in [-0.15, -0.1) is 0 Å². The highest BCUT2D eigenvalue weighted by Crippen LogP contribution is 2.05. The summed E-state index contributed by atoms with van der Waals surface area (Å²) in [6, 6.07) is 13.4. The second-order valence-electron chi connectivity index (χ2n) is 3.74. The smallest absolute Gasteiger partial charge is 0.337 e. The number of esters is 1. The van der Waals surface area contributed by atoms with Crippen molar-refractivity contribution in [3.63, 3.8) is 0 Å². The summed E-state index contributed by atoms with van der Waals surface area (Å²) in [6.07, 6.45) is 4.02. The van der Waals surface area contributed by atoms with Crippen molar-refractivity contribution in [3.05, 3.63) is 66.0 Å². The van der Waals surface area contributed by atoms with Crippen LogP contribution >= 0.6 is 0 Å². The lowest BCUT2D eigenvalue weighted by molar-refractivity contribution is -0.688. The monoisotopic (exact) mass is 307 g/mol. The second kappa shape index (κ2) is 6.91. The minimum atomic E-state index is -0.302. The van der Waals surface area contributed by atoms with Crippen molar-refractivity contribution in [2.75, 3.05) is 7.11 Å². The van der Waals surface area contributed by atoms with E-state index in [2.05, 4.69) is 9.30 Å². The topological polar surface area (TPSA) is 30.2 Å². The van der Waals surface area contributed by atoms with Crippen LogP contribution in [-0.4, -0.2) is 13.1 Å². The van der Waals surface area contributed by atoms with E-state index in [1.54, 1.807) is 12.1 Å². The average molecular weight is 308 g/mol. The normalized spacial score (nSPS) is 9.39. The number of hydrogen-bond acceptors (Lipinski definition) is 2. The third-order valence-corrected chi connectivity index (χ3v) is 2.52. The first-order valence-corrected chi connectivity index (χ1v) is 5.41. The van der Waals surface area contributed by atoms with Crippen molar-refractivity contribution in [2.45, 2.75) is 6.54 Å². The van der Waals surface area contributed by atoms with Gasteiger partial charge in [-0.3, -0.25) is 0 Å². The zero-order valence-electron chi connectivity index (χ0n) is 10.0. The molecule has 0 fully saturated rings. The maximum atomic E-state index is 11.3. The van der Waals surface area contributed by atoms with Crippen LogP contribution in [0.25, 0.3) is 0 Å². The van der Waals surface area contributed by atoms with E-state index in [9.17, 15) is 4.79 Å². The molecule has 4 heteroatoms. The van der Waals surface area contributed by atoms with Crippen LogP contribution in [0.3, 0.4) is 0 Å². The molecule has 0 radical (unpaired) electrons. The van der Waals surface area contributed by atoms with Crippen LogP contribution in [0.4, 0.5) is 0 Å². The molecular formula is C14H14BrNO2. The number of carbonyl (C=O) groups excluding carboxylic acids is 1. The van der Waals surface area contributed by atoms with Gasteiger partial charge in [0.05, 0.1) is 12.7 Å². The minimum Gasteiger partial charge on any atom is -1.00 e. The number of methoxy groups -OCH3 is 1. The SMILES string of the molecule is COC(=O)c1ccc(C[n+]2ccccc2)cc1.[Br-]. The van der Waals surface area contributed by atoms with E-state index in [4.69, 9.17) is 0 Å². The molecule has 1 aromatic carbocycles. The molecule has 1 heterocycles. The minimum absolute atomic E-state index is 0. The van der Waals surface area contributed by atoms with Crippen LogP contribution in [0.2, 0.25) is 0 Å². The van der Waals surface area contributed by atoms with E-state index in [1.807, 2.05) is 42.7 Å². The number of halogens is 1. The molecule has 0 atom stereocenters. The van der Waals surface area contributed by atoms with Crippen LogP contribution in [0.15, 0.2) is 54.9 Å². The van der Waals surface area contributed by atoms with Gasteiger partial charge in [-0.1, -0.05) is 18.2 Å². The Morgan fingerprint density at radius 3 is 2.28 bits per heavy atom. The molecular weight excluding hydrogens is 294 g/mol. The molecule has 0 amide bonds. The molecule has 0 spiro atoms. The molecule has 0 bridgehead atoms. The fraction of sp³-hybridized carbons (Fsp3) is 0.143. The second-order valence-corrected chi connectivity index (χ2v) is 3.74. The van der Waals surface area contributed by atoms with Gasteiger partial charge >= 0.3 is 5.97 Å². The molecule has 3 nitrogen and oxygen atoms in total. The molecule has 18 heavy (non-hydrogen) atoms. The number of rotatable bonds is 3. The molecule has 0 aliphatic carbocycles. The largest absolute Gasteiger partial charge is 1.00 e. The summed E-state index contributed by atoms with van der Waals surface area (Å²) in [5, 5.41) is 0. The standard InChI is InChI=1S/C14H14NO2.BrH/c1-17-14(16)13-7-5-12(6-8-13)11-15-9-3-2-4-10-15;/h2-10H,11H2,1H3;1H/q+1;/p-1. The third-order valence-electron chi connectivity index (χ3n) is 2.52. The summed E-state index contributed by atoms with van der Waals surface area (Å²) in [5.41, 5.74) is 1.73. The van der Waals surface area contributed by atoms with Crippen molar-refractivity contribution in [1.29, 1.82) is 0 Å². The van der Waals surface area contributed by atoms with E-state index in [-0.39, 0.29) is 23.0 Å². The van der Waals surface area contributed by atoms with E-state index in [1.165, 1.54) is 7.11 Å². The van der Waals surface area contributed by atoms with E-state index in [0.29, 0.717) is 5.56 Å². The Balaban J connectivity index is 0.00000162. The molecule has 94 valence electrons. The lowest BCUT2D eigenvalue weighted by atomic mass is 10.1. The van der Waals surface area contributed by atoms with Gasteiger partial charge in [-0.25, -0.2) is 9.36 Å². The van der Waals surface area contributed by atoms with Gasteiger partial charge in [0.15, 0.2) is 18.9 Å². The van der Waals surface area contributed by atoms with Crippen LogP contribution in [0, 0.1) is 0 Å². The van der Waals surface area contributed by atoms with Gasteiger partial charge in [0, 0.05) is 17.7 Å².